The summed E-state index contributed by atoms with van der Waals surface area (Å²) < 4.78 is 25.6. The Balaban J connectivity index is 2.00. The van der Waals surface area contributed by atoms with Crippen molar-refractivity contribution >= 4 is 15.9 Å². The van der Waals surface area contributed by atoms with Crippen LogP contribution in [-0.2, 0) is 4.74 Å². The summed E-state index contributed by atoms with van der Waals surface area (Å²) in [5, 5.41) is 3.21. The molecule has 1 aliphatic carbocycles. The average Bonchev–Trinajstić information content (AvgIpc) is 2.38. The molecule has 106 valence electrons. The molecule has 0 spiro atoms. The van der Waals surface area contributed by atoms with E-state index in [-0.39, 0.29) is 18.0 Å². The third-order valence-electron chi connectivity index (χ3n) is 3.31. The van der Waals surface area contributed by atoms with Gasteiger partial charge in [0.2, 0.25) is 0 Å². The van der Waals surface area contributed by atoms with Crippen molar-refractivity contribution in [2.45, 2.75) is 38.0 Å². The van der Waals surface area contributed by atoms with Crippen molar-refractivity contribution in [3.8, 4) is 5.75 Å². The Morgan fingerprint density at radius 2 is 2.26 bits per heavy atom. The Hall–Kier alpha value is -0.650. The van der Waals surface area contributed by atoms with Gasteiger partial charge in [-0.15, -0.1) is 0 Å². The Kier molecular flexibility index (Phi) is 5.19. The predicted molar refractivity (Wildman–Crippen MR) is 76.0 cm³/mol. The van der Waals surface area contributed by atoms with Crippen LogP contribution in [0.3, 0.4) is 0 Å². The SMILES string of the molecule is CCCOC1C(NC)CC1Oc1cc(F)ccc1Br. The van der Waals surface area contributed by atoms with Crippen molar-refractivity contribution in [3.63, 3.8) is 0 Å². The number of ether oxygens (including phenoxy) is 2. The van der Waals surface area contributed by atoms with Gasteiger partial charge in [-0.3, -0.25) is 0 Å². The number of rotatable bonds is 6. The summed E-state index contributed by atoms with van der Waals surface area (Å²) in [4.78, 5) is 0. The van der Waals surface area contributed by atoms with E-state index in [0.29, 0.717) is 18.4 Å². The van der Waals surface area contributed by atoms with Gasteiger partial charge in [0.25, 0.3) is 0 Å². The van der Waals surface area contributed by atoms with Crippen molar-refractivity contribution in [1.82, 2.24) is 5.32 Å². The molecule has 0 amide bonds. The molecule has 3 unspecified atom stereocenters. The van der Waals surface area contributed by atoms with Crippen molar-refractivity contribution in [2.24, 2.45) is 0 Å². The van der Waals surface area contributed by atoms with Gasteiger partial charge < -0.3 is 14.8 Å². The molecule has 2 rings (SSSR count). The van der Waals surface area contributed by atoms with Crippen LogP contribution < -0.4 is 10.1 Å². The number of nitrogens with one attached hydrogen (secondary N) is 1. The van der Waals surface area contributed by atoms with E-state index in [0.717, 1.165) is 17.3 Å². The van der Waals surface area contributed by atoms with Crippen LogP contribution in [-0.4, -0.2) is 31.9 Å². The van der Waals surface area contributed by atoms with Crippen LogP contribution in [0.4, 0.5) is 4.39 Å². The number of likely N-dealkylation sites (N-methyl/N-ethyl adjacent to an activating group) is 1. The van der Waals surface area contributed by atoms with E-state index in [4.69, 9.17) is 9.47 Å². The van der Waals surface area contributed by atoms with Gasteiger partial charge in [0.1, 0.15) is 23.8 Å². The Morgan fingerprint density at radius 1 is 1.47 bits per heavy atom. The van der Waals surface area contributed by atoms with Crippen LogP contribution in [0.2, 0.25) is 0 Å². The molecule has 1 N–H and O–H groups in total. The summed E-state index contributed by atoms with van der Waals surface area (Å²) in [5.74, 6) is 0.235. The minimum absolute atomic E-state index is 0.0258. The second-order valence-corrected chi connectivity index (χ2v) is 5.55. The monoisotopic (exact) mass is 331 g/mol. The molecule has 3 atom stereocenters. The second kappa shape index (κ2) is 6.68. The predicted octanol–water partition coefficient (Wildman–Crippen LogP) is 3.12. The van der Waals surface area contributed by atoms with E-state index >= 15 is 0 Å². The molecule has 0 aliphatic heterocycles. The van der Waals surface area contributed by atoms with E-state index in [2.05, 4.69) is 28.2 Å². The third-order valence-corrected chi connectivity index (χ3v) is 3.96. The first-order chi connectivity index (χ1) is 9.15. The Morgan fingerprint density at radius 3 is 2.95 bits per heavy atom. The molecule has 0 bridgehead atoms. The zero-order valence-electron chi connectivity index (χ0n) is 11.2. The molecule has 0 saturated heterocycles. The van der Waals surface area contributed by atoms with Crippen molar-refractivity contribution in [2.75, 3.05) is 13.7 Å². The van der Waals surface area contributed by atoms with Gasteiger partial charge in [-0.1, -0.05) is 6.92 Å². The number of benzene rings is 1. The molecule has 1 saturated carbocycles. The van der Waals surface area contributed by atoms with E-state index in [1.807, 2.05) is 7.05 Å². The van der Waals surface area contributed by atoms with Gasteiger partial charge in [0, 0.05) is 25.1 Å². The van der Waals surface area contributed by atoms with Crippen molar-refractivity contribution in [3.05, 3.63) is 28.5 Å². The normalized spacial score (nSPS) is 26.0. The van der Waals surface area contributed by atoms with Gasteiger partial charge in [0.15, 0.2) is 0 Å². The van der Waals surface area contributed by atoms with E-state index in [1.54, 1.807) is 6.07 Å². The van der Waals surface area contributed by atoms with Crippen molar-refractivity contribution in [1.29, 1.82) is 0 Å². The molecule has 0 aromatic heterocycles. The van der Waals surface area contributed by atoms with Crippen LogP contribution in [0.1, 0.15) is 19.8 Å². The minimum Gasteiger partial charge on any atom is -0.486 e. The number of halogens is 2. The highest BCUT2D eigenvalue weighted by molar-refractivity contribution is 9.10. The summed E-state index contributed by atoms with van der Waals surface area (Å²) >= 11 is 3.37. The highest BCUT2D eigenvalue weighted by Gasteiger charge is 2.43. The first kappa shape index (κ1) is 14.8. The summed E-state index contributed by atoms with van der Waals surface area (Å²) in [7, 11) is 1.92. The zero-order valence-corrected chi connectivity index (χ0v) is 12.7. The standard InChI is InChI=1S/C14H19BrFNO2/c1-3-6-18-14-11(17-2)8-13(14)19-12-7-9(16)4-5-10(12)15/h4-5,7,11,13-14,17H,3,6,8H2,1-2H3. The molecule has 1 fully saturated rings. The maximum absolute atomic E-state index is 13.2. The largest absolute Gasteiger partial charge is 0.486 e. The van der Waals surface area contributed by atoms with Gasteiger partial charge in [0.05, 0.1) is 4.47 Å². The lowest BCUT2D eigenvalue weighted by Crippen LogP contribution is -2.60. The van der Waals surface area contributed by atoms with Gasteiger partial charge >= 0.3 is 0 Å². The van der Waals surface area contributed by atoms with Gasteiger partial charge in [-0.25, -0.2) is 4.39 Å². The first-order valence-electron chi connectivity index (χ1n) is 6.56. The Bertz CT molecular complexity index is 430. The fourth-order valence-corrected chi connectivity index (χ4v) is 2.53. The van der Waals surface area contributed by atoms with E-state index in [9.17, 15) is 4.39 Å². The number of hydrogen-bond acceptors (Lipinski definition) is 3. The van der Waals surface area contributed by atoms with Gasteiger partial charge in [-0.05, 0) is 41.5 Å². The summed E-state index contributed by atoms with van der Waals surface area (Å²) in [6.45, 7) is 2.79. The maximum atomic E-state index is 13.2. The van der Waals surface area contributed by atoms with Gasteiger partial charge in [-0.2, -0.15) is 0 Å². The molecule has 5 heteroatoms. The lowest BCUT2D eigenvalue weighted by molar-refractivity contribution is -0.106. The smallest absolute Gasteiger partial charge is 0.136 e. The van der Waals surface area contributed by atoms with Crippen LogP contribution in [0, 0.1) is 5.82 Å². The highest BCUT2D eigenvalue weighted by atomic mass is 79.9. The quantitative estimate of drug-likeness (QED) is 0.868. The maximum Gasteiger partial charge on any atom is 0.136 e. The fraction of sp³-hybridized carbons (Fsp3) is 0.571. The molecule has 1 aromatic carbocycles. The first-order valence-corrected chi connectivity index (χ1v) is 7.35. The average molecular weight is 332 g/mol. The van der Waals surface area contributed by atoms with Crippen LogP contribution in [0.5, 0.6) is 5.75 Å². The minimum atomic E-state index is -0.297. The molecule has 0 heterocycles. The molecule has 0 radical (unpaired) electrons. The van der Waals surface area contributed by atoms with Crippen molar-refractivity contribution < 1.29 is 13.9 Å². The van der Waals surface area contributed by atoms with Crippen LogP contribution in [0.25, 0.3) is 0 Å². The fourth-order valence-electron chi connectivity index (χ4n) is 2.19. The lowest BCUT2D eigenvalue weighted by atomic mass is 9.85. The molecule has 1 aliphatic rings. The Labute approximate surface area is 121 Å². The summed E-state index contributed by atoms with van der Waals surface area (Å²) in [6.07, 6.45) is 1.85. The van der Waals surface area contributed by atoms with E-state index in [1.165, 1.54) is 12.1 Å². The molecule has 1 aromatic rings. The lowest BCUT2D eigenvalue weighted by Gasteiger charge is -2.43. The molecule has 19 heavy (non-hydrogen) atoms. The zero-order chi connectivity index (χ0) is 13.8. The highest BCUT2D eigenvalue weighted by Crippen LogP contribution is 2.33. The second-order valence-electron chi connectivity index (χ2n) is 4.70. The molecule has 3 nitrogen and oxygen atoms in total. The summed E-state index contributed by atoms with van der Waals surface area (Å²) in [6, 6.07) is 4.76. The summed E-state index contributed by atoms with van der Waals surface area (Å²) in [5.41, 5.74) is 0. The van der Waals surface area contributed by atoms with Crippen LogP contribution in [0.15, 0.2) is 22.7 Å². The number of hydrogen-bond donors (Lipinski definition) is 1. The third kappa shape index (κ3) is 3.46. The van der Waals surface area contributed by atoms with E-state index < -0.39 is 0 Å². The topological polar surface area (TPSA) is 30.5 Å². The molecular formula is C14H19BrFNO2. The van der Waals surface area contributed by atoms with Crippen LogP contribution >= 0.6 is 15.9 Å². The molecular weight excluding hydrogens is 313 g/mol.